The Bertz CT molecular complexity index is 550. The summed E-state index contributed by atoms with van der Waals surface area (Å²) >= 11 is 0. The number of amides is 1. The molecule has 18 heavy (non-hydrogen) atoms. The summed E-state index contributed by atoms with van der Waals surface area (Å²) in [4.78, 5) is 17.7. The number of pyridine rings is 1. The van der Waals surface area contributed by atoms with Crippen molar-refractivity contribution in [1.29, 1.82) is 0 Å². The minimum absolute atomic E-state index is 0.324. The Labute approximate surface area is 106 Å². The monoisotopic (exact) mass is 244 g/mol. The lowest BCUT2D eigenvalue weighted by Gasteiger charge is -2.17. The van der Waals surface area contributed by atoms with Crippen molar-refractivity contribution < 1.29 is 9.53 Å². The number of aromatic nitrogens is 1. The molecular weight excluding hydrogens is 228 g/mol. The first kappa shape index (κ1) is 12.4. The lowest BCUT2D eigenvalue weighted by molar-refractivity contribution is 0.157. The average Bonchev–Trinajstić information content (AvgIpc) is 2.40. The number of nitrogens with zero attached hydrogens (tertiary/aromatic N) is 2. The van der Waals surface area contributed by atoms with Crippen molar-refractivity contribution in [2.45, 2.75) is 13.8 Å². The van der Waals surface area contributed by atoms with Gasteiger partial charge in [-0.25, -0.2) is 4.79 Å². The van der Waals surface area contributed by atoms with Gasteiger partial charge in [0.1, 0.15) is 5.75 Å². The summed E-state index contributed by atoms with van der Waals surface area (Å²) in [6.45, 7) is 5.13. The fraction of sp³-hybridized carbons (Fsp3) is 0.286. The number of hydrogen-bond acceptors (Lipinski definition) is 3. The van der Waals surface area contributed by atoms with Gasteiger partial charge in [0.15, 0.2) is 0 Å². The van der Waals surface area contributed by atoms with E-state index in [4.69, 9.17) is 4.74 Å². The zero-order chi connectivity index (χ0) is 13.0. The van der Waals surface area contributed by atoms with Crippen LogP contribution in [0.4, 0.5) is 4.79 Å². The summed E-state index contributed by atoms with van der Waals surface area (Å²) < 4.78 is 5.31. The van der Waals surface area contributed by atoms with E-state index in [1.807, 2.05) is 32.0 Å². The normalized spacial score (nSPS) is 10.3. The lowest BCUT2D eigenvalue weighted by atomic mass is 10.2. The highest BCUT2D eigenvalue weighted by Gasteiger charge is 2.11. The number of fused-ring (bicyclic) bond motifs is 1. The van der Waals surface area contributed by atoms with Crippen LogP contribution in [0.5, 0.6) is 5.75 Å². The zero-order valence-corrected chi connectivity index (χ0v) is 10.6. The van der Waals surface area contributed by atoms with Gasteiger partial charge in [-0.2, -0.15) is 0 Å². The predicted octanol–water partition coefficient (Wildman–Crippen LogP) is 3.08. The summed E-state index contributed by atoms with van der Waals surface area (Å²) in [6.07, 6.45) is 1.40. The van der Waals surface area contributed by atoms with Crippen LogP contribution in [-0.2, 0) is 0 Å². The van der Waals surface area contributed by atoms with Crippen LogP contribution in [0.2, 0.25) is 0 Å². The van der Waals surface area contributed by atoms with E-state index in [1.165, 1.54) is 0 Å². The van der Waals surface area contributed by atoms with Gasteiger partial charge in [-0.3, -0.25) is 4.98 Å². The predicted molar refractivity (Wildman–Crippen MR) is 70.7 cm³/mol. The number of carbonyl (C=O) groups excluding carboxylic acids is 1. The highest BCUT2D eigenvalue weighted by Crippen LogP contribution is 2.19. The van der Waals surface area contributed by atoms with Crippen LogP contribution in [0, 0.1) is 0 Å². The lowest BCUT2D eigenvalue weighted by Crippen LogP contribution is -2.33. The number of carbonyl (C=O) groups is 1. The van der Waals surface area contributed by atoms with Gasteiger partial charge in [0, 0.05) is 30.7 Å². The smallest absolute Gasteiger partial charge is 0.410 e. The number of ether oxygens (including phenoxy) is 1. The van der Waals surface area contributed by atoms with E-state index in [1.54, 1.807) is 23.2 Å². The fourth-order valence-corrected chi connectivity index (χ4v) is 1.76. The van der Waals surface area contributed by atoms with Crippen LogP contribution < -0.4 is 4.74 Å². The molecule has 0 atom stereocenters. The molecule has 94 valence electrons. The molecule has 0 N–H and O–H groups in total. The topological polar surface area (TPSA) is 42.4 Å². The van der Waals surface area contributed by atoms with Crippen LogP contribution in [0.25, 0.3) is 10.9 Å². The highest BCUT2D eigenvalue weighted by atomic mass is 16.6. The summed E-state index contributed by atoms with van der Waals surface area (Å²) in [5, 5.41) is 1.03. The third-order valence-corrected chi connectivity index (χ3v) is 2.80. The highest BCUT2D eigenvalue weighted by molar-refractivity contribution is 5.81. The maximum atomic E-state index is 11.8. The number of benzene rings is 1. The Morgan fingerprint density at radius 3 is 2.78 bits per heavy atom. The van der Waals surface area contributed by atoms with Gasteiger partial charge in [0.25, 0.3) is 0 Å². The largest absolute Gasteiger partial charge is 0.415 e. The van der Waals surface area contributed by atoms with Crippen molar-refractivity contribution in [3.8, 4) is 5.75 Å². The Hall–Kier alpha value is -2.10. The molecule has 0 unspecified atom stereocenters. The van der Waals surface area contributed by atoms with Crippen molar-refractivity contribution in [3.63, 3.8) is 0 Å². The third kappa shape index (κ3) is 2.59. The van der Waals surface area contributed by atoms with Crippen LogP contribution >= 0.6 is 0 Å². The van der Waals surface area contributed by atoms with Crippen LogP contribution in [-0.4, -0.2) is 29.1 Å². The molecular formula is C14H16N2O2. The van der Waals surface area contributed by atoms with Crippen molar-refractivity contribution in [2.75, 3.05) is 13.1 Å². The fourth-order valence-electron chi connectivity index (χ4n) is 1.76. The van der Waals surface area contributed by atoms with Crippen molar-refractivity contribution in [3.05, 3.63) is 36.5 Å². The van der Waals surface area contributed by atoms with Gasteiger partial charge in [0.05, 0.1) is 5.52 Å². The molecule has 0 fully saturated rings. The quantitative estimate of drug-likeness (QED) is 0.833. The van der Waals surface area contributed by atoms with E-state index in [0.717, 1.165) is 10.9 Å². The SMILES string of the molecule is CCN(CC)C(=O)Oc1ccc2cccnc2c1. The first-order valence-corrected chi connectivity index (χ1v) is 6.06. The van der Waals surface area contributed by atoms with E-state index in [0.29, 0.717) is 18.8 Å². The molecule has 0 saturated heterocycles. The zero-order valence-electron chi connectivity index (χ0n) is 10.6. The number of rotatable bonds is 3. The molecule has 0 aliphatic rings. The van der Waals surface area contributed by atoms with E-state index < -0.39 is 0 Å². The minimum Gasteiger partial charge on any atom is -0.410 e. The van der Waals surface area contributed by atoms with Crippen LogP contribution in [0.3, 0.4) is 0 Å². The van der Waals surface area contributed by atoms with Crippen LogP contribution in [0.1, 0.15) is 13.8 Å². The molecule has 0 aliphatic heterocycles. The standard InChI is InChI=1S/C14H16N2O2/c1-3-16(4-2)14(17)18-12-8-7-11-6-5-9-15-13(11)10-12/h5-10H,3-4H2,1-2H3. The molecule has 1 heterocycles. The summed E-state index contributed by atoms with van der Waals surface area (Å²) in [7, 11) is 0. The van der Waals surface area contributed by atoms with Crippen LogP contribution in [0.15, 0.2) is 36.5 Å². The first-order chi connectivity index (χ1) is 8.74. The molecule has 2 aromatic rings. The van der Waals surface area contributed by atoms with Gasteiger partial charge in [0.2, 0.25) is 0 Å². The molecule has 1 amide bonds. The van der Waals surface area contributed by atoms with Gasteiger partial charge >= 0.3 is 6.09 Å². The molecule has 0 radical (unpaired) electrons. The molecule has 2 rings (SSSR count). The summed E-state index contributed by atoms with van der Waals surface area (Å²) in [6, 6.07) is 9.30. The molecule has 0 bridgehead atoms. The second kappa shape index (κ2) is 5.49. The minimum atomic E-state index is -0.324. The Kier molecular flexibility index (Phi) is 3.77. The average molecular weight is 244 g/mol. The second-order valence-electron chi connectivity index (χ2n) is 3.90. The van der Waals surface area contributed by atoms with E-state index >= 15 is 0 Å². The van der Waals surface area contributed by atoms with Gasteiger partial charge in [-0.05, 0) is 32.0 Å². The molecule has 1 aromatic heterocycles. The molecule has 4 nitrogen and oxygen atoms in total. The second-order valence-corrected chi connectivity index (χ2v) is 3.90. The van der Waals surface area contributed by atoms with Gasteiger partial charge in [-0.15, -0.1) is 0 Å². The third-order valence-electron chi connectivity index (χ3n) is 2.80. The maximum Gasteiger partial charge on any atom is 0.415 e. The summed E-state index contributed by atoms with van der Waals surface area (Å²) in [5.41, 5.74) is 0.822. The van der Waals surface area contributed by atoms with Crippen molar-refractivity contribution in [1.82, 2.24) is 9.88 Å². The van der Waals surface area contributed by atoms with E-state index in [2.05, 4.69) is 4.98 Å². The number of hydrogen-bond donors (Lipinski definition) is 0. The maximum absolute atomic E-state index is 11.8. The van der Waals surface area contributed by atoms with Gasteiger partial charge < -0.3 is 9.64 Å². The molecule has 0 spiro atoms. The molecule has 4 heteroatoms. The van der Waals surface area contributed by atoms with Crippen molar-refractivity contribution in [2.24, 2.45) is 0 Å². The summed E-state index contributed by atoms with van der Waals surface area (Å²) in [5.74, 6) is 0.526. The van der Waals surface area contributed by atoms with E-state index in [9.17, 15) is 4.79 Å². The molecule has 1 aromatic carbocycles. The molecule has 0 saturated carbocycles. The Balaban J connectivity index is 2.19. The Morgan fingerprint density at radius 2 is 2.06 bits per heavy atom. The Morgan fingerprint density at radius 1 is 1.28 bits per heavy atom. The molecule has 0 aliphatic carbocycles. The van der Waals surface area contributed by atoms with E-state index in [-0.39, 0.29) is 6.09 Å². The van der Waals surface area contributed by atoms with Gasteiger partial charge in [-0.1, -0.05) is 6.07 Å². The van der Waals surface area contributed by atoms with Crippen molar-refractivity contribution >= 4 is 17.0 Å². The first-order valence-electron chi connectivity index (χ1n) is 6.06.